The van der Waals surface area contributed by atoms with Crippen LogP contribution in [-0.4, -0.2) is 30.1 Å². The van der Waals surface area contributed by atoms with Crippen molar-refractivity contribution >= 4 is 5.69 Å². The molecule has 1 aliphatic rings. The summed E-state index contributed by atoms with van der Waals surface area (Å²) in [7, 11) is 1.96. The molecule has 4 heteroatoms. The van der Waals surface area contributed by atoms with Crippen LogP contribution in [0.3, 0.4) is 0 Å². The molecule has 0 atom stereocenters. The maximum atomic E-state index is 4.73. The molecule has 0 saturated carbocycles. The van der Waals surface area contributed by atoms with Crippen molar-refractivity contribution in [2.24, 2.45) is 0 Å². The van der Waals surface area contributed by atoms with Crippen molar-refractivity contribution in [3.8, 4) is 0 Å². The molecular weight excluding hydrogens is 236 g/mol. The highest BCUT2D eigenvalue weighted by molar-refractivity contribution is 5.51. The summed E-state index contributed by atoms with van der Waals surface area (Å²) < 4.78 is 0. The molecule has 19 heavy (non-hydrogen) atoms. The third-order valence-corrected chi connectivity index (χ3v) is 3.40. The Kier molecular flexibility index (Phi) is 4.53. The number of anilines is 1. The third-order valence-electron chi connectivity index (χ3n) is 3.40. The number of aromatic nitrogens is 2. The Morgan fingerprint density at radius 1 is 1.42 bits per heavy atom. The molecule has 0 bridgehead atoms. The zero-order valence-corrected chi connectivity index (χ0v) is 12.4. The van der Waals surface area contributed by atoms with Crippen LogP contribution in [0.2, 0.25) is 0 Å². The summed E-state index contributed by atoms with van der Waals surface area (Å²) in [6, 6.07) is 0. The van der Waals surface area contributed by atoms with Crippen LogP contribution in [0.4, 0.5) is 5.69 Å². The molecule has 0 unspecified atom stereocenters. The lowest BCUT2D eigenvalue weighted by Crippen LogP contribution is -2.31. The first-order valence-corrected chi connectivity index (χ1v) is 7.02. The fourth-order valence-corrected chi connectivity index (χ4v) is 2.38. The van der Waals surface area contributed by atoms with E-state index in [4.69, 9.17) is 4.98 Å². The van der Waals surface area contributed by atoms with E-state index < -0.39 is 0 Å². The molecule has 4 nitrogen and oxygen atoms in total. The van der Waals surface area contributed by atoms with Crippen molar-refractivity contribution in [3.63, 3.8) is 0 Å². The van der Waals surface area contributed by atoms with Crippen LogP contribution < -0.4 is 10.2 Å². The molecule has 1 N–H and O–H groups in total. The summed E-state index contributed by atoms with van der Waals surface area (Å²) in [5, 5.41) is 3.21. The van der Waals surface area contributed by atoms with Gasteiger partial charge in [-0.15, -0.1) is 0 Å². The van der Waals surface area contributed by atoms with Gasteiger partial charge in [-0.3, -0.25) is 0 Å². The number of nitrogens with one attached hydrogen (secondary N) is 1. The van der Waals surface area contributed by atoms with Gasteiger partial charge < -0.3 is 10.2 Å². The Balaban J connectivity index is 2.31. The monoisotopic (exact) mass is 260 g/mol. The molecule has 0 radical (unpaired) electrons. The van der Waals surface area contributed by atoms with Gasteiger partial charge in [-0.05, 0) is 20.4 Å². The lowest BCUT2D eigenvalue weighted by atomic mass is 10.1. The van der Waals surface area contributed by atoms with Crippen LogP contribution in [0, 0.1) is 0 Å². The Morgan fingerprint density at radius 3 is 2.84 bits per heavy atom. The van der Waals surface area contributed by atoms with Gasteiger partial charge in [0.25, 0.3) is 0 Å². The summed E-state index contributed by atoms with van der Waals surface area (Å²) in [6.45, 7) is 9.28. The topological polar surface area (TPSA) is 41.1 Å². The first kappa shape index (κ1) is 14.0. The van der Waals surface area contributed by atoms with E-state index in [0.29, 0.717) is 5.92 Å². The zero-order valence-electron chi connectivity index (χ0n) is 12.4. The minimum atomic E-state index is 0.368. The van der Waals surface area contributed by atoms with Crippen molar-refractivity contribution in [1.82, 2.24) is 15.3 Å². The van der Waals surface area contributed by atoms with Crippen molar-refractivity contribution in [2.45, 2.75) is 39.7 Å². The maximum absolute atomic E-state index is 4.73. The quantitative estimate of drug-likeness (QED) is 0.844. The fraction of sp³-hybridized carbons (Fsp3) is 0.600. The van der Waals surface area contributed by atoms with Gasteiger partial charge >= 0.3 is 0 Å². The highest BCUT2D eigenvalue weighted by Crippen LogP contribution is 2.23. The van der Waals surface area contributed by atoms with E-state index in [-0.39, 0.29) is 0 Å². The highest BCUT2D eigenvalue weighted by atomic mass is 15.2. The minimum Gasteiger partial charge on any atom is -0.364 e. The maximum Gasteiger partial charge on any atom is 0.131 e. The average molecular weight is 260 g/mol. The van der Waals surface area contributed by atoms with Gasteiger partial charge in [0.2, 0.25) is 0 Å². The summed E-state index contributed by atoms with van der Waals surface area (Å²) in [5.74, 6) is 1.30. The van der Waals surface area contributed by atoms with E-state index in [1.54, 1.807) is 0 Å². The lowest BCUT2D eigenvalue weighted by Gasteiger charge is -2.29. The van der Waals surface area contributed by atoms with E-state index in [1.807, 2.05) is 13.2 Å². The van der Waals surface area contributed by atoms with Crippen LogP contribution in [0.15, 0.2) is 17.8 Å². The largest absolute Gasteiger partial charge is 0.364 e. The minimum absolute atomic E-state index is 0.368. The van der Waals surface area contributed by atoms with E-state index >= 15 is 0 Å². The molecule has 1 aromatic heterocycles. The van der Waals surface area contributed by atoms with Crippen LogP contribution >= 0.6 is 0 Å². The van der Waals surface area contributed by atoms with Crippen molar-refractivity contribution in [3.05, 3.63) is 29.4 Å². The Labute approximate surface area is 115 Å². The molecule has 0 amide bonds. The van der Waals surface area contributed by atoms with Gasteiger partial charge in [0.1, 0.15) is 5.82 Å². The lowest BCUT2D eigenvalue weighted by molar-refractivity contribution is 0.707. The Hall–Kier alpha value is -1.42. The van der Waals surface area contributed by atoms with Gasteiger partial charge in [-0.25, -0.2) is 9.97 Å². The summed E-state index contributed by atoms with van der Waals surface area (Å²) >= 11 is 0. The van der Waals surface area contributed by atoms with Crippen LogP contribution in [0.5, 0.6) is 0 Å². The molecule has 0 fully saturated rings. The first-order chi connectivity index (χ1) is 9.11. The smallest absolute Gasteiger partial charge is 0.131 e. The van der Waals surface area contributed by atoms with Gasteiger partial charge in [0.15, 0.2) is 0 Å². The first-order valence-electron chi connectivity index (χ1n) is 7.02. The molecule has 0 aromatic carbocycles. The molecular formula is C15H24N4. The SMILES string of the molecule is CNCc1nc(C(C)C)ncc1N1CCC=C(C)C1. The zero-order chi connectivity index (χ0) is 13.8. The molecule has 2 heterocycles. The summed E-state index contributed by atoms with van der Waals surface area (Å²) in [6.07, 6.45) is 5.42. The van der Waals surface area contributed by atoms with E-state index in [2.05, 4.69) is 42.0 Å². The molecule has 0 saturated heterocycles. The molecule has 104 valence electrons. The standard InChI is InChI=1S/C15H24N4/c1-11(2)15-17-9-14(13(18-15)8-16-4)19-7-5-6-12(3)10-19/h6,9,11,16H,5,7-8,10H2,1-4H3. The fourth-order valence-electron chi connectivity index (χ4n) is 2.38. The van der Waals surface area contributed by atoms with E-state index in [0.717, 1.165) is 37.6 Å². The van der Waals surface area contributed by atoms with Gasteiger partial charge in [-0.1, -0.05) is 25.5 Å². The second-order valence-electron chi connectivity index (χ2n) is 5.51. The summed E-state index contributed by atoms with van der Waals surface area (Å²) in [4.78, 5) is 11.6. The molecule has 1 aliphatic heterocycles. The second-order valence-corrected chi connectivity index (χ2v) is 5.51. The third kappa shape index (κ3) is 3.32. The van der Waals surface area contributed by atoms with Gasteiger partial charge in [-0.2, -0.15) is 0 Å². The molecule has 0 spiro atoms. The predicted octanol–water partition coefficient (Wildman–Crippen LogP) is 2.48. The van der Waals surface area contributed by atoms with Crippen molar-refractivity contribution < 1.29 is 0 Å². The van der Waals surface area contributed by atoms with Crippen LogP contribution in [0.1, 0.15) is 44.6 Å². The van der Waals surface area contributed by atoms with Crippen molar-refractivity contribution in [2.75, 3.05) is 25.0 Å². The predicted molar refractivity (Wildman–Crippen MR) is 79.5 cm³/mol. The number of hydrogen-bond acceptors (Lipinski definition) is 4. The molecule has 1 aromatic rings. The van der Waals surface area contributed by atoms with E-state index in [1.165, 1.54) is 11.3 Å². The van der Waals surface area contributed by atoms with Gasteiger partial charge in [0, 0.05) is 25.6 Å². The average Bonchev–Trinajstić information content (AvgIpc) is 2.39. The normalized spacial score (nSPS) is 15.8. The summed E-state index contributed by atoms with van der Waals surface area (Å²) in [5.41, 5.74) is 3.71. The van der Waals surface area contributed by atoms with E-state index in [9.17, 15) is 0 Å². The Bertz CT molecular complexity index is 465. The molecule has 2 rings (SSSR count). The number of rotatable bonds is 4. The second kappa shape index (κ2) is 6.15. The number of nitrogens with zero attached hydrogens (tertiary/aromatic N) is 3. The van der Waals surface area contributed by atoms with Crippen LogP contribution in [0.25, 0.3) is 0 Å². The Morgan fingerprint density at radius 2 is 2.21 bits per heavy atom. The number of hydrogen-bond donors (Lipinski definition) is 1. The van der Waals surface area contributed by atoms with Gasteiger partial charge in [0.05, 0.1) is 17.6 Å². The highest BCUT2D eigenvalue weighted by Gasteiger charge is 2.17. The van der Waals surface area contributed by atoms with Crippen molar-refractivity contribution in [1.29, 1.82) is 0 Å². The molecule has 0 aliphatic carbocycles. The van der Waals surface area contributed by atoms with Crippen LogP contribution in [-0.2, 0) is 6.54 Å².